The highest BCUT2D eigenvalue weighted by molar-refractivity contribution is 6.05. The summed E-state index contributed by atoms with van der Waals surface area (Å²) >= 11 is 0. The smallest absolute Gasteiger partial charge is 0.419 e. The number of hydrogen-bond donors (Lipinski definition) is 1. The molecule has 1 unspecified atom stereocenters. The molecule has 3 aromatic rings. The molecule has 5 nitrogen and oxygen atoms in total. The molecule has 0 saturated carbocycles. The molecule has 0 radical (unpaired) electrons. The average Bonchev–Trinajstić information content (AvgIpc) is 2.73. The molecule has 1 heterocycles. The van der Waals surface area contributed by atoms with Crippen molar-refractivity contribution in [1.82, 2.24) is 4.98 Å². The number of pyridine rings is 1. The first-order chi connectivity index (χ1) is 16.0. The Morgan fingerprint density at radius 1 is 1.03 bits per heavy atom. The van der Waals surface area contributed by atoms with Crippen molar-refractivity contribution in [3.8, 4) is 11.5 Å². The van der Waals surface area contributed by atoms with E-state index >= 15 is 0 Å². The van der Waals surface area contributed by atoms with Crippen LogP contribution in [0.3, 0.4) is 0 Å². The summed E-state index contributed by atoms with van der Waals surface area (Å²) in [6.07, 6.45) is -3.81. The Hall–Kier alpha value is -3.39. The van der Waals surface area contributed by atoms with Gasteiger partial charge in [0.15, 0.2) is 0 Å². The Balaban J connectivity index is 1.71. The van der Waals surface area contributed by atoms with E-state index in [0.29, 0.717) is 23.4 Å². The summed E-state index contributed by atoms with van der Waals surface area (Å²) in [5.74, 6) is -0.528. The molecule has 0 spiro atoms. The van der Waals surface area contributed by atoms with Crippen molar-refractivity contribution in [2.24, 2.45) is 0 Å². The lowest BCUT2D eigenvalue weighted by Crippen LogP contribution is -2.18. The third-order valence-electron chi connectivity index (χ3n) is 4.90. The summed E-state index contributed by atoms with van der Waals surface area (Å²) in [7, 11) is 0. The number of aromatic nitrogens is 1. The van der Waals surface area contributed by atoms with Gasteiger partial charge in [-0.15, -0.1) is 0 Å². The van der Waals surface area contributed by atoms with Gasteiger partial charge in [-0.1, -0.05) is 18.2 Å². The number of nitrogens with one attached hydrogen (secondary N) is 1. The predicted molar refractivity (Wildman–Crippen MR) is 124 cm³/mol. The van der Waals surface area contributed by atoms with Crippen molar-refractivity contribution in [3.05, 3.63) is 83.2 Å². The monoisotopic (exact) mass is 472 g/mol. The summed E-state index contributed by atoms with van der Waals surface area (Å²) in [6.45, 7) is 7.66. The maximum absolute atomic E-state index is 13.2. The molecule has 1 amide bonds. The first-order valence-corrected chi connectivity index (χ1v) is 10.9. The van der Waals surface area contributed by atoms with Crippen molar-refractivity contribution >= 4 is 11.6 Å². The van der Waals surface area contributed by atoms with Crippen LogP contribution in [-0.4, -0.2) is 23.1 Å². The topological polar surface area (TPSA) is 60.5 Å². The molecule has 2 aromatic carbocycles. The van der Waals surface area contributed by atoms with Gasteiger partial charge in [-0.2, -0.15) is 13.2 Å². The molecule has 0 aliphatic carbocycles. The molecule has 0 aliphatic heterocycles. The number of amides is 1. The number of para-hydroxylation sites is 1. The molecule has 0 bridgehead atoms. The van der Waals surface area contributed by atoms with Gasteiger partial charge in [-0.3, -0.25) is 9.78 Å². The van der Waals surface area contributed by atoms with Gasteiger partial charge in [0.2, 0.25) is 0 Å². The van der Waals surface area contributed by atoms with E-state index in [4.69, 9.17) is 9.47 Å². The van der Waals surface area contributed by atoms with Gasteiger partial charge >= 0.3 is 6.18 Å². The Morgan fingerprint density at radius 2 is 1.76 bits per heavy atom. The largest absolute Gasteiger partial charge is 0.457 e. The van der Waals surface area contributed by atoms with Gasteiger partial charge in [-0.25, -0.2) is 0 Å². The van der Waals surface area contributed by atoms with Crippen molar-refractivity contribution in [2.45, 2.75) is 52.5 Å². The summed E-state index contributed by atoms with van der Waals surface area (Å²) < 4.78 is 50.9. The SMILES string of the molecule is Cc1nc(CC(C)OC(C)C)ccc1C(=O)Nc1cccc(Oc2ccccc2C(F)(F)F)c1. The quantitative estimate of drug-likeness (QED) is 0.391. The number of carbonyl (C=O) groups excluding carboxylic acids is 1. The molecule has 3 rings (SSSR count). The Kier molecular flexibility index (Phi) is 7.94. The first-order valence-electron chi connectivity index (χ1n) is 10.9. The summed E-state index contributed by atoms with van der Waals surface area (Å²) in [5.41, 5.74) is 1.29. The first kappa shape index (κ1) is 25.2. The summed E-state index contributed by atoms with van der Waals surface area (Å²) in [4.78, 5) is 17.3. The molecule has 180 valence electrons. The third-order valence-corrected chi connectivity index (χ3v) is 4.90. The molecule has 0 aliphatic rings. The van der Waals surface area contributed by atoms with Crippen LogP contribution in [0.5, 0.6) is 11.5 Å². The number of halogens is 3. The zero-order valence-electron chi connectivity index (χ0n) is 19.4. The van der Waals surface area contributed by atoms with Crippen LogP contribution in [0, 0.1) is 6.92 Å². The van der Waals surface area contributed by atoms with Gasteiger partial charge in [0.05, 0.1) is 29.0 Å². The minimum Gasteiger partial charge on any atom is -0.457 e. The van der Waals surface area contributed by atoms with E-state index in [9.17, 15) is 18.0 Å². The molecule has 34 heavy (non-hydrogen) atoms. The van der Waals surface area contributed by atoms with E-state index in [0.717, 1.165) is 11.8 Å². The maximum atomic E-state index is 13.2. The summed E-state index contributed by atoms with van der Waals surface area (Å²) in [6, 6.07) is 14.7. The lowest BCUT2D eigenvalue weighted by Gasteiger charge is -2.16. The number of carbonyl (C=O) groups is 1. The van der Waals surface area contributed by atoms with Crippen LogP contribution >= 0.6 is 0 Å². The number of nitrogens with zero attached hydrogens (tertiary/aromatic N) is 1. The lowest BCUT2D eigenvalue weighted by atomic mass is 10.1. The second kappa shape index (κ2) is 10.7. The lowest BCUT2D eigenvalue weighted by molar-refractivity contribution is -0.138. The van der Waals surface area contributed by atoms with Gasteiger partial charge in [0.1, 0.15) is 11.5 Å². The predicted octanol–water partition coefficient (Wildman–Crippen LogP) is 6.81. The Morgan fingerprint density at radius 3 is 2.44 bits per heavy atom. The van der Waals surface area contributed by atoms with Crippen molar-refractivity contribution in [3.63, 3.8) is 0 Å². The minimum atomic E-state index is -4.54. The van der Waals surface area contributed by atoms with Crippen molar-refractivity contribution < 1.29 is 27.4 Å². The van der Waals surface area contributed by atoms with E-state index in [2.05, 4.69) is 10.3 Å². The van der Waals surface area contributed by atoms with E-state index < -0.39 is 11.7 Å². The van der Waals surface area contributed by atoms with Gasteiger partial charge in [0.25, 0.3) is 5.91 Å². The second-order valence-electron chi connectivity index (χ2n) is 8.21. The number of anilines is 1. The highest BCUT2D eigenvalue weighted by atomic mass is 19.4. The molecule has 0 saturated heterocycles. The number of hydrogen-bond acceptors (Lipinski definition) is 4. The van der Waals surface area contributed by atoms with E-state index in [1.54, 1.807) is 31.2 Å². The highest BCUT2D eigenvalue weighted by Gasteiger charge is 2.34. The van der Waals surface area contributed by atoms with E-state index in [1.165, 1.54) is 30.3 Å². The molecule has 1 aromatic heterocycles. The Bertz CT molecular complexity index is 1150. The van der Waals surface area contributed by atoms with Crippen LogP contribution in [0.2, 0.25) is 0 Å². The fourth-order valence-corrected chi connectivity index (χ4v) is 3.53. The van der Waals surface area contributed by atoms with Gasteiger partial charge in [0, 0.05) is 23.9 Å². The Labute approximate surface area is 196 Å². The highest BCUT2D eigenvalue weighted by Crippen LogP contribution is 2.38. The second-order valence-corrected chi connectivity index (χ2v) is 8.21. The molecular weight excluding hydrogens is 445 g/mol. The number of ether oxygens (including phenoxy) is 2. The molecule has 0 fully saturated rings. The van der Waals surface area contributed by atoms with Crippen LogP contribution in [0.4, 0.5) is 18.9 Å². The van der Waals surface area contributed by atoms with E-state index in [-0.39, 0.29) is 29.6 Å². The van der Waals surface area contributed by atoms with Gasteiger partial charge in [-0.05, 0) is 64.1 Å². The number of aryl methyl sites for hydroxylation is 1. The van der Waals surface area contributed by atoms with Gasteiger partial charge < -0.3 is 14.8 Å². The number of benzene rings is 2. The van der Waals surface area contributed by atoms with Crippen molar-refractivity contribution in [1.29, 1.82) is 0 Å². The van der Waals surface area contributed by atoms with Crippen LogP contribution in [0.25, 0.3) is 0 Å². The fraction of sp³-hybridized carbons (Fsp3) is 0.308. The number of rotatable bonds is 8. The van der Waals surface area contributed by atoms with Crippen LogP contribution in [-0.2, 0) is 17.3 Å². The standard InChI is InChI=1S/C26H27F3N2O3/c1-16(2)33-17(3)14-20-12-13-22(18(4)30-20)25(32)31-19-8-7-9-21(15-19)34-24-11-6-5-10-23(24)26(27,28)29/h5-13,15-17H,14H2,1-4H3,(H,31,32). The average molecular weight is 473 g/mol. The van der Waals surface area contributed by atoms with Crippen molar-refractivity contribution in [2.75, 3.05) is 5.32 Å². The van der Waals surface area contributed by atoms with Crippen LogP contribution in [0.1, 0.15) is 48.1 Å². The van der Waals surface area contributed by atoms with Crippen LogP contribution < -0.4 is 10.1 Å². The zero-order valence-corrected chi connectivity index (χ0v) is 19.4. The molecular formula is C26H27F3N2O3. The zero-order chi connectivity index (χ0) is 24.9. The van der Waals surface area contributed by atoms with E-state index in [1.807, 2.05) is 20.8 Å². The summed E-state index contributed by atoms with van der Waals surface area (Å²) in [5, 5.41) is 2.75. The molecule has 8 heteroatoms. The molecule has 1 atom stereocenters. The fourth-order valence-electron chi connectivity index (χ4n) is 3.53. The van der Waals surface area contributed by atoms with Crippen LogP contribution in [0.15, 0.2) is 60.7 Å². The third kappa shape index (κ3) is 6.81. The normalized spacial score (nSPS) is 12.5. The maximum Gasteiger partial charge on any atom is 0.419 e. The minimum absolute atomic E-state index is 0.00297. The molecule has 1 N–H and O–H groups in total. The number of alkyl halides is 3.